The fourth-order valence-electron chi connectivity index (χ4n) is 5.08. The summed E-state index contributed by atoms with van der Waals surface area (Å²) in [6, 6.07) is 5.59. The molecule has 2 aliphatic rings. The van der Waals surface area contributed by atoms with Crippen molar-refractivity contribution in [1.82, 2.24) is 20.3 Å². The fourth-order valence-corrected chi connectivity index (χ4v) is 7.03. The molecule has 1 aromatic heterocycles. The molecular formula is C28H35F5N4O6S. The fraction of sp³-hybridized carbons (Fsp3) is 0.607. The SMILES string of the molecule is COCCN1CCC(C(=O)NOC2CCCCO2)(S(=O)(=O)c2ccc(-c3cnc(CCC(F)(F)C(F)(F)F)cn3)cc2)CC1. The summed E-state index contributed by atoms with van der Waals surface area (Å²) in [6.07, 6.45) is -3.79. The third kappa shape index (κ3) is 7.70. The number of piperidine rings is 1. The lowest BCUT2D eigenvalue weighted by molar-refractivity contribution is -0.284. The van der Waals surface area contributed by atoms with Crippen LogP contribution in [0, 0.1) is 0 Å². The Hall–Kier alpha value is -2.79. The summed E-state index contributed by atoms with van der Waals surface area (Å²) < 4.78 is 101. The van der Waals surface area contributed by atoms with Gasteiger partial charge in [-0.15, -0.1) is 0 Å². The number of amides is 1. The van der Waals surface area contributed by atoms with E-state index in [1.807, 2.05) is 4.90 Å². The first-order valence-electron chi connectivity index (χ1n) is 14.2. The lowest BCUT2D eigenvalue weighted by atomic mass is 9.95. The Morgan fingerprint density at radius 2 is 1.80 bits per heavy atom. The standard InChI is InChI=1S/C28H35F5N4O6S/c1-41-17-15-37-13-11-26(12-14-37,25(38)36-43-24-4-2-3-16-42-24)44(39,40)22-7-5-20(6-8-22)23-19-34-21(18-35-23)9-10-27(29,30)28(31,32)33/h5-8,18-19,24H,2-4,9-17H2,1H3,(H,36,38). The molecule has 4 rings (SSSR count). The molecule has 244 valence electrons. The number of aromatic nitrogens is 2. The molecular weight excluding hydrogens is 615 g/mol. The largest absolute Gasteiger partial charge is 0.453 e. The maximum Gasteiger partial charge on any atom is 0.453 e. The van der Waals surface area contributed by atoms with Crippen LogP contribution in [0.2, 0.25) is 0 Å². The molecule has 1 N–H and O–H groups in total. The third-order valence-electron chi connectivity index (χ3n) is 7.90. The van der Waals surface area contributed by atoms with E-state index in [0.29, 0.717) is 44.8 Å². The molecule has 44 heavy (non-hydrogen) atoms. The van der Waals surface area contributed by atoms with Gasteiger partial charge in [0.1, 0.15) is 0 Å². The van der Waals surface area contributed by atoms with Crippen molar-refractivity contribution in [1.29, 1.82) is 0 Å². The molecule has 16 heteroatoms. The minimum atomic E-state index is -5.65. The van der Waals surface area contributed by atoms with Crippen LogP contribution in [0.5, 0.6) is 0 Å². The third-order valence-corrected chi connectivity index (χ3v) is 10.4. The van der Waals surface area contributed by atoms with E-state index >= 15 is 0 Å². The van der Waals surface area contributed by atoms with Crippen molar-refractivity contribution >= 4 is 15.7 Å². The molecule has 1 amide bonds. The van der Waals surface area contributed by atoms with Gasteiger partial charge in [0.2, 0.25) is 0 Å². The van der Waals surface area contributed by atoms with E-state index in [1.165, 1.54) is 30.5 Å². The summed E-state index contributed by atoms with van der Waals surface area (Å²) in [5.41, 5.74) is 2.98. The summed E-state index contributed by atoms with van der Waals surface area (Å²) in [5, 5.41) is 0. The lowest BCUT2D eigenvalue weighted by Crippen LogP contribution is -2.58. The maximum atomic E-state index is 14.1. The molecule has 10 nitrogen and oxygen atoms in total. The van der Waals surface area contributed by atoms with Gasteiger partial charge in [0, 0.05) is 58.0 Å². The molecule has 2 fully saturated rings. The predicted molar refractivity (Wildman–Crippen MR) is 147 cm³/mol. The first kappa shape index (κ1) is 34.1. The maximum absolute atomic E-state index is 14.1. The first-order valence-corrected chi connectivity index (χ1v) is 15.7. The number of hydrogen-bond acceptors (Lipinski definition) is 9. The zero-order valence-corrected chi connectivity index (χ0v) is 24.9. The number of aryl methyl sites for hydroxylation is 1. The van der Waals surface area contributed by atoms with Gasteiger partial charge in [0.05, 0.1) is 29.1 Å². The highest BCUT2D eigenvalue weighted by molar-refractivity contribution is 7.93. The molecule has 0 saturated carbocycles. The average molecular weight is 651 g/mol. The van der Waals surface area contributed by atoms with Gasteiger partial charge < -0.3 is 14.4 Å². The number of halogens is 5. The Labute approximate surface area is 252 Å². The molecule has 1 aromatic carbocycles. The van der Waals surface area contributed by atoms with Crippen molar-refractivity contribution in [2.75, 3.05) is 40.0 Å². The molecule has 0 aliphatic carbocycles. The number of nitrogens with one attached hydrogen (secondary N) is 1. The van der Waals surface area contributed by atoms with Crippen molar-refractivity contribution in [2.24, 2.45) is 0 Å². The molecule has 3 heterocycles. The Morgan fingerprint density at radius 1 is 1.09 bits per heavy atom. The average Bonchev–Trinajstić information content (AvgIpc) is 3.02. The number of methoxy groups -OCH3 is 1. The van der Waals surface area contributed by atoms with Gasteiger partial charge in [-0.05, 0) is 44.2 Å². The van der Waals surface area contributed by atoms with Crippen molar-refractivity contribution in [3.05, 3.63) is 42.4 Å². The number of hydroxylamine groups is 1. The molecule has 0 bridgehead atoms. The predicted octanol–water partition coefficient (Wildman–Crippen LogP) is 4.10. The number of carbonyl (C=O) groups excluding carboxylic acids is 1. The summed E-state index contributed by atoms with van der Waals surface area (Å²) in [6.45, 7) is 2.20. The Bertz CT molecular complexity index is 1350. The number of nitrogens with zero attached hydrogens (tertiary/aromatic N) is 3. The van der Waals surface area contributed by atoms with Gasteiger partial charge >= 0.3 is 12.1 Å². The second-order valence-electron chi connectivity index (χ2n) is 10.8. The lowest BCUT2D eigenvalue weighted by Gasteiger charge is -2.40. The monoisotopic (exact) mass is 650 g/mol. The summed E-state index contributed by atoms with van der Waals surface area (Å²) in [5.74, 6) is -5.63. The normalized spacial score (nSPS) is 19.9. The van der Waals surface area contributed by atoms with E-state index in [9.17, 15) is 35.2 Å². The first-order chi connectivity index (χ1) is 20.8. The molecule has 2 aromatic rings. The Kier molecular flexibility index (Phi) is 10.9. The van der Waals surface area contributed by atoms with E-state index in [4.69, 9.17) is 14.3 Å². The van der Waals surface area contributed by atoms with Gasteiger partial charge in [-0.3, -0.25) is 14.8 Å². The highest BCUT2D eigenvalue weighted by Gasteiger charge is 2.56. The number of alkyl halides is 5. The molecule has 2 aliphatic heterocycles. The van der Waals surface area contributed by atoms with Gasteiger partial charge in [0.15, 0.2) is 20.9 Å². The highest BCUT2D eigenvalue weighted by Crippen LogP contribution is 2.39. The van der Waals surface area contributed by atoms with Crippen LogP contribution < -0.4 is 5.48 Å². The van der Waals surface area contributed by atoms with Crippen LogP contribution in [0.3, 0.4) is 0 Å². The number of sulfone groups is 1. The summed E-state index contributed by atoms with van der Waals surface area (Å²) in [7, 11) is -2.68. The van der Waals surface area contributed by atoms with E-state index in [0.717, 1.165) is 19.0 Å². The van der Waals surface area contributed by atoms with Gasteiger partial charge in [-0.25, -0.2) is 18.7 Å². The minimum absolute atomic E-state index is 0.0157. The number of hydrogen-bond donors (Lipinski definition) is 1. The summed E-state index contributed by atoms with van der Waals surface area (Å²) in [4.78, 5) is 28.9. The number of likely N-dealkylation sites (tertiary alicyclic amines) is 1. The van der Waals surface area contributed by atoms with Crippen LogP contribution >= 0.6 is 0 Å². The number of carbonyl (C=O) groups is 1. The van der Waals surface area contributed by atoms with E-state index in [-0.39, 0.29) is 29.1 Å². The highest BCUT2D eigenvalue weighted by atomic mass is 32.2. The number of ether oxygens (including phenoxy) is 2. The molecule has 2 saturated heterocycles. The zero-order chi connectivity index (χ0) is 32.0. The van der Waals surface area contributed by atoms with Gasteiger partial charge in [-0.1, -0.05) is 12.1 Å². The minimum Gasteiger partial charge on any atom is -0.383 e. The van der Waals surface area contributed by atoms with E-state index < -0.39 is 51.7 Å². The smallest absolute Gasteiger partial charge is 0.383 e. The van der Waals surface area contributed by atoms with Crippen LogP contribution in [0.25, 0.3) is 11.3 Å². The molecule has 0 radical (unpaired) electrons. The number of benzene rings is 1. The second-order valence-corrected chi connectivity index (χ2v) is 13.1. The van der Waals surface area contributed by atoms with Crippen molar-refractivity contribution < 1.29 is 49.5 Å². The Balaban J connectivity index is 1.50. The van der Waals surface area contributed by atoms with Crippen LogP contribution in [0.1, 0.15) is 44.2 Å². The van der Waals surface area contributed by atoms with Crippen LogP contribution in [-0.4, -0.2) is 92.3 Å². The van der Waals surface area contributed by atoms with Crippen LogP contribution in [-0.2, 0) is 35.4 Å². The molecule has 1 unspecified atom stereocenters. The van der Waals surface area contributed by atoms with Gasteiger partial charge in [0.25, 0.3) is 5.91 Å². The van der Waals surface area contributed by atoms with E-state index in [1.54, 1.807) is 7.11 Å². The Morgan fingerprint density at radius 3 is 2.36 bits per heavy atom. The molecule has 1 atom stereocenters. The van der Waals surface area contributed by atoms with Crippen LogP contribution in [0.15, 0.2) is 41.6 Å². The quantitative estimate of drug-likeness (QED) is 0.268. The van der Waals surface area contributed by atoms with E-state index in [2.05, 4.69) is 15.4 Å². The number of rotatable bonds is 12. The van der Waals surface area contributed by atoms with Crippen molar-refractivity contribution in [3.63, 3.8) is 0 Å². The van der Waals surface area contributed by atoms with Crippen molar-refractivity contribution in [3.8, 4) is 11.3 Å². The summed E-state index contributed by atoms with van der Waals surface area (Å²) >= 11 is 0. The molecule has 0 spiro atoms. The second kappa shape index (κ2) is 14.1. The zero-order valence-electron chi connectivity index (χ0n) is 24.1. The topological polar surface area (TPSA) is 120 Å². The van der Waals surface area contributed by atoms with Crippen LogP contribution in [0.4, 0.5) is 22.0 Å². The van der Waals surface area contributed by atoms with Crippen molar-refractivity contribution in [2.45, 2.75) is 73.0 Å². The van der Waals surface area contributed by atoms with Gasteiger partial charge in [-0.2, -0.15) is 22.0 Å².